The lowest BCUT2D eigenvalue weighted by Gasteiger charge is -2.23. The highest BCUT2D eigenvalue weighted by atomic mass is 16.6. The van der Waals surface area contributed by atoms with E-state index in [0.717, 1.165) is 19.3 Å². The summed E-state index contributed by atoms with van der Waals surface area (Å²) in [6, 6.07) is -0.233. The van der Waals surface area contributed by atoms with Gasteiger partial charge in [-0.15, -0.1) is 0 Å². The van der Waals surface area contributed by atoms with E-state index in [9.17, 15) is 4.79 Å². The van der Waals surface area contributed by atoms with Gasteiger partial charge in [-0.2, -0.15) is 0 Å². The van der Waals surface area contributed by atoms with Crippen molar-refractivity contribution in [1.82, 2.24) is 5.32 Å². The molecule has 1 rings (SSSR count). The summed E-state index contributed by atoms with van der Waals surface area (Å²) < 4.78 is 5.14. The van der Waals surface area contributed by atoms with Crippen LogP contribution in [0, 0.1) is 0 Å². The van der Waals surface area contributed by atoms with Gasteiger partial charge in [0.05, 0.1) is 6.04 Å². The highest BCUT2D eigenvalue weighted by Gasteiger charge is 2.29. The number of nitrogens with one attached hydrogen (secondary N) is 1. The summed E-state index contributed by atoms with van der Waals surface area (Å²) in [6.07, 6.45) is 2.18. The molecule has 16 heavy (non-hydrogen) atoms. The van der Waals surface area contributed by atoms with E-state index in [2.05, 4.69) is 15.3 Å². The lowest BCUT2D eigenvalue weighted by Crippen LogP contribution is -2.42. The molecule has 6 heteroatoms. The predicted octanol–water partition coefficient (Wildman–Crippen LogP) is 2.74. The Hall–Kier alpha value is -1.42. The van der Waals surface area contributed by atoms with E-state index in [0.29, 0.717) is 0 Å². The maximum absolute atomic E-state index is 11.5. The second kappa shape index (κ2) is 5.07. The minimum absolute atomic E-state index is 0.0919. The van der Waals surface area contributed by atoms with Gasteiger partial charge in [-0.25, -0.2) is 4.79 Å². The van der Waals surface area contributed by atoms with Gasteiger partial charge in [0.15, 0.2) is 0 Å². The number of rotatable bonds is 2. The van der Waals surface area contributed by atoms with E-state index >= 15 is 0 Å². The number of hydrogen-bond acceptors (Lipinski definition) is 3. The predicted molar refractivity (Wildman–Crippen MR) is 59.9 cm³/mol. The van der Waals surface area contributed by atoms with Crippen LogP contribution >= 0.6 is 0 Å². The SMILES string of the molecule is CC(C)(C)OC(=O)N[C@@H]1CCC[C@H]1N=[N+]=[N-]. The first-order valence-corrected chi connectivity index (χ1v) is 5.46. The quantitative estimate of drug-likeness (QED) is 0.445. The van der Waals surface area contributed by atoms with Gasteiger partial charge in [0.2, 0.25) is 0 Å². The van der Waals surface area contributed by atoms with Crippen molar-refractivity contribution >= 4 is 6.09 Å². The molecule has 0 aromatic rings. The van der Waals surface area contributed by atoms with E-state index < -0.39 is 11.7 Å². The molecule has 0 saturated heterocycles. The zero-order chi connectivity index (χ0) is 12.2. The molecule has 1 aliphatic rings. The summed E-state index contributed by atoms with van der Waals surface area (Å²) in [5.74, 6) is 0. The van der Waals surface area contributed by atoms with Crippen LogP contribution in [0.5, 0.6) is 0 Å². The molecule has 6 nitrogen and oxygen atoms in total. The maximum Gasteiger partial charge on any atom is 0.407 e. The molecule has 0 unspecified atom stereocenters. The van der Waals surface area contributed by atoms with Gasteiger partial charge in [0.25, 0.3) is 0 Å². The third-order valence-corrected chi connectivity index (χ3v) is 2.38. The number of carbonyl (C=O) groups is 1. The number of amides is 1. The molecule has 0 aromatic carbocycles. The highest BCUT2D eigenvalue weighted by Crippen LogP contribution is 2.22. The number of hydrogen-bond donors (Lipinski definition) is 1. The monoisotopic (exact) mass is 226 g/mol. The summed E-state index contributed by atoms with van der Waals surface area (Å²) >= 11 is 0. The second-order valence-electron chi connectivity index (χ2n) is 4.96. The van der Waals surface area contributed by atoms with Crippen LogP contribution in [-0.2, 0) is 4.74 Å². The fourth-order valence-corrected chi connectivity index (χ4v) is 1.77. The normalized spacial score (nSPS) is 24.7. The number of ether oxygens (including phenoxy) is 1. The van der Waals surface area contributed by atoms with E-state index in [4.69, 9.17) is 10.3 Å². The van der Waals surface area contributed by atoms with Crippen molar-refractivity contribution in [1.29, 1.82) is 0 Å². The van der Waals surface area contributed by atoms with Crippen LogP contribution in [0.1, 0.15) is 40.0 Å². The molecule has 1 N–H and O–H groups in total. The van der Waals surface area contributed by atoms with Crippen molar-refractivity contribution < 1.29 is 9.53 Å². The summed E-state index contributed by atoms with van der Waals surface area (Å²) in [5.41, 5.74) is 7.88. The van der Waals surface area contributed by atoms with Crippen molar-refractivity contribution in [2.75, 3.05) is 0 Å². The molecule has 0 heterocycles. The lowest BCUT2D eigenvalue weighted by molar-refractivity contribution is 0.0501. The van der Waals surface area contributed by atoms with Crippen molar-refractivity contribution in [3.05, 3.63) is 10.4 Å². The number of alkyl carbamates (subject to hydrolysis) is 1. The van der Waals surface area contributed by atoms with Gasteiger partial charge < -0.3 is 10.1 Å². The Labute approximate surface area is 95.0 Å². The minimum atomic E-state index is -0.503. The molecule has 1 saturated carbocycles. The summed E-state index contributed by atoms with van der Waals surface area (Å²) in [7, 11) is 0. The Morgan fingerprint density at radius 1 is 1.50 bits per heavy atom. The number of azide groups is 1. The topological polar surface area (TPSA) is 87.1 Å². The van der Waals surface area contributed by atoms with Crippen LogP contribution in [0.15, 0.2) is 5.11 Å². The standard InChI is InChI=1S/C10H18N4O2/c1-10(2,3)16-9(15)12-7-5-4-6-8(7)13-14-11/h7-8H,4-6H2,1-3H3,(H,12,15)/t7-,8-/m1/s1. The van der Waals surface area contributed by atoms with Gasteiger partial charge >= 0.3 is 6.09 Å². The molecular formula is C10H18N4O2. The van der Waals surface area contributed by atoms with Crippen molar-refractivity contribution in [3.63, 3.8) is 0 Å². The van der Waals surface area contributed by atoms with E-state index in [1.807, 2.05) is 20.8 Å². The van der Waals surface area contributed by atoms with Gasteiger partial charge in [-0.05, 0) is 39.1 Å². The van der Waals surface area contributed by atoms with Crippen molar-refractivity contribution in [2.45, 2.75) is 57.7 Å². The molecule has 1 amide bonds. The first-order valence-electron chi connectivity index (χ1n) is 5.46. The van der Waals surface area contributed by atoms with E-state index in [1.165, 1.54) is 0 Å². The van der Waals surface area contributed by atoms with Gasteiger partial charge in [0, 0.05) is 11.0 Å². The molecule has 0 aromatic heterocycles. The minimum Gasteiger partial charge on any atom is -0.444 e. The average molecular weight is 226 g/mol. The molecule has 1 fully saturated rings. The van der Waals surface area contributed by atoms with Gasteiger partial charge in [-0.1, -0.05) is 11.5 Å². The van der Waals surface area contributed by atoms with E-state index in [1.54, 1.807) is 0 Å². The Balaban J connectivity index is 2.47. The number of carbonyl (C=O) groups excluding carboxylic acids is 1. The average Bonchev–Trinajstić information content (AvgIpc) is 2.50. The molecule has 2 atom stereocenters. The van der Waals surface area contributed by atoms with E-state index in [-0.39, 0.29) is 12.1 Å². The Bertz CT molecular complexity index is 304. The fraction of sp³-hybridized carbons (Fsp3) is 0.900. The fourth-order valence-electron chi connectivity index (χ4n) is 1.77. The highest BCUT2D eigenvalue weighted by molar-refractivity contribution is 5.68. The Morgan fingerprint density at radius 2 is 2.19 bits per heavy atom. The third kappa shape index (κ3) is 3.98. The van der Waals surface area contributed by atoms with Crippen LogP contribution in [0.25, 0.3) is 10.4 Å². The maximum atomic E-state index is 11.5. The molecule has 1 aliphatic carbocycles. The van der Waals surface area contributed by atoms with Crippen molar-refractivity contribution in [3.8, 4) is 0 Å². The van der Waals surface area contributed by atoms with Crippen LogP contribution in [0.2, 0.25) is 0 Å². The molecule has 0 bridgehead atoms. The first-order chi connectivity index (χ1) is 7.42. The van der Waals surface area contributed by atoms with Gasteiger partial charge in [0.1, 0.15) is 5.60 Å². The largest absolute Gasteiger partial charge is 0.444 e. The third-order valence-electron chi connectivity index (χ3n) is 2.38. The Kier molecular flexibility index (Phi) is 4.01. The van der Waals surface area contributed by atoms with Crippen LogP contribution < -0.4 is 5.32 Å². The zero-order valence-electron chi connectivity index (χ0n) is 9.93. The molecular weight excluding hydrogens is 208 g/mol. The zero-order valence-corrected chi connectivity index (χ0v) is 9.93. The molecule has 0 aliphatic heterocycles. The lowest BCUT2D eigenvalue weighted by atomic mass is 10.2. The van der Waals surface area contributed by atoms with Crippen LogP contribution in [0.3, 0.4) is 0 Å². The number of nitrogens with zero attached hydrogens (tertiary/aromatic N) is 3. The van der Waals surface area contributed by atoms with Crippen LogP contribution in [-0.4, -0.2) is 23.8 Å². The second-order valence-corrected chi connectivity index (χ2v) is 4.96. The summed E-state index contributed by atoms with van der Waals surface area (Å²) in [6.45, 7) is 5.43. The van der Waals surface area contributed by atoms with Crippen molar-refractivity contribution in [2.24, 2.45) is 5.11 Å². The smallest absolute Gasteiger partial charge is 0.407 e. The summed E-state index contributed by atoms with van der Waals surface area (Å²) in [4.78, 5) is 14.3. The first kappa shape index (κ1) is 12.6. The molecule has 90 valence electrons. The Morgan fingerprint density at radius 3 is 2.75 bits per heavy atom. The molecule has 0 spiro atoms. The summed E-state index contributed by atoms with van der Waals surface area (Å²) in [5, 5.41) is 6.41. The van der Waals surface area contributed by atoms with Gasteiger partial charge in [-0.3, -0.25) is 0 Å². The molecule has 0 radical (unpaired) electrons. The van der Waals surface area contributed by atoms with Crippen LogP contribution in [0.4, 0.5) is 4.79 Å².